The van der Waals surface area contributed by atoms with Crippen molar-refractivity contribution in [3.05, 3.63) is 77.5 Å². The fourth-order valence-electron chi connectivity index (χ4n) is 4.78. The van der Waals surface area contributed by atoms with Crippen LogP contribution in [0.25, 0.3) is 0 Å². The van der Waals surface area contributed by atoms with Crippen molar-refractivity contribution >= 4 is 29.1 Å². The second-order valence-electron chi connectivity index (χ2n) is 8.95. The van der Waals surface area contributed by atoms with Gasteiger partial charge in [-0.05, 0) is 68.3 Å². The highest BCUT2D eigenvalue weighted by atomic mass is 16.5. The normalized spacial score (nSPS) is 18.4. The Balaban J connectivity index is 1.34. The first-order valence-electron chi connectivity index (χ1n) is 11.5. The number of ether oxygens (including phenoxy) is 1. The molecule has 3 amide bonds. The molecule has 1 N–H and O–H groups in total. The number of amides is 3. The quantitative estimate of drug-likeness (QED) is 0.589. The number of hydrogen-bond acceptors (Lipinski definition) is 6. The van der Waals surface area contributed by atoms with Gasteiger partial charge < -0.3 is 15.0 Å². The fraction of sp³-hybridized carbons (Fsp3) is 0.222. The van der Waals surface area contributed by atoms with Crippen LogP contribution in [0.4, 0.5) is 11.4 Å². The fourth-order valence-corrected chi connectivity index (χ4v) is 4.78. The Bertz CT molecular complexity index is 1450. The zero-order valence-electron chi connectivity index (χ0n) is 19.8. The average molecular weight is 482 g/mol. The van der Waals surface area contributed by atoms with Gasteiger partial charge in [-0.2, -0.15) is 5.26 Å². The average Bonchev–Trinajstić information content (AvgIpc) is 3.19. The summed E-state index contributed by atoms with van der Waals surface area (Å²) < 4.78 is 5.74. The number of benzene rings is 2. The van der Waals surface area contributed by atoms with E-state index in [1.165, 1.54) is 11.1 Å². The van der Waals surface area contributed by atoms with E-state index in [1.807, 2.05) is 19.9 Å². The Morgan fingerprint density at radius 3 is 2.78 bits per heavy atom. The molecule has 0 spiro atoms. The predicted octanol–water partition coefficient (Wildman–Crippen LogP) is 3.99. The number of rotatable bonds is 5. The lowest BCUT2D eigenvalue weighted by atomic mass is 9.98. The van der Waals surface area contributed by atoms with Gasteiger partial charge in [0.05, 0.1) is 11.3 Å². The third-order valence-corrected chi connectivity index (χ3v) is 6.63. The summed E-state index contributed by atoms with van der Waals surface area (Å²) in [5.41, 5.74) is 1.68. The molecule has 2 aliphatic rings. The monoisotopic (exact) mass is 481 g/mol. The Labute approximate surface area is 207 Å². The molecular formula is C27H23N5O4. The molecule has 1 fully saturated rings. The molecule has 0 radical (unpaired) electrons. The maximum absolute atomic E-state index is 13.4. The summed E-state index contributed by atoms with van der Waals surface area (Å²) in [6.45, 7) is 3.43. The predicted molar refractivity (Wildman–Crippen MR) is 131 cm³/mol. The second-order valence-corrected chi connectivity index (χ2v) is 8.95. The molecule has 3 heterocycles. The number of aryl methyl sites for hydroxylation is 1. The number of para-hydroxylation sites is 1. The van der Waals surface area contributed by atoms with E-state index in [1.54, 1.807) is 59.5 Å². The first kappa shape index (κ1) is 23.1. The van der Waals surface area contributed by atoms with E-state index < -0.39 is 5.66 Å². The summed E-state index contributed by atoms with van der Waals surface area (Å²) in [7, 11) is 0. The van der Waals surface area contributed by atoms with Crippen LogP contribution in [0.5, 0.6) is 11.6 Å². The molecule has 2 aromatic carbocycles. The van der Waals surface area contributed by atoms with Crippen LogP contribution in [0.2, 0.25) is 0 Å². The molecule has 2 aliphatic heterocycles. The highest BCUT2D eigenvalue weighted by Crippen LogP contribution is 2.43. The van der Waals surface area contributed by atoms with Crippen LogP contribution in [0.15, 0.2) is 60.8 Å². The van der Waals surface area contributed by atoms with Crippen molar-refractivity contribution in [2.75, 3.05) is 16.8 Å². The zero-order valence-corrected chi connectivity index (χ0v) is 19.8. The number of carbonyl (C=O) groups excluding carboxylic acids is 3. The van der Waals surface area contributed by atoms with Gasteiger partial charge in [0, 0.05) is 18.3 Å². The summed E-state index contributed by atoms with van der Waals surface area (Å²) >= 11 is 0. The highest BCUT2D eigenvalue weighted by molar-refractivity contribution is 6.11. The van der Waals surface area contributed by atoms with E-state index in [-0.39, 0.29) is 30.1 Å². The number of pyridine rings is 1. The Morgan fingerprint density at radius 1 is 1.19 bits per heavy atom. The highest BCUT2D eigenvalue weighted by Gasteiger charge is 2.53. The van der Waals surface area contributed by atoms with Gasteiger partial charge in [0.15, 0.2) is 0 Å². The van der Waals surface area contributed by atoms with E-state index in [4.69, 9.17) is 4.74 Å². The van der Waals surface area contributed by atoms with E-state index in [0.29, 0.717) is 41.1 Å². The van der Waals surface area contributed by atoms with Crippen LogP contribution in [0, 0.1) is 18.3 Å². The molecule has 1 atom stereocenters. The van der Waals surface area contributed by atoms with Crippen LogP contribution >= 0.6 is 0 Å². The first-order chi connectivity index (χ1) is 17.3. The Kier molecular flexibility index (Phi) is 5.65. The Hall–Kier alpha value is -4.71. The summed E-state index contributed by atoms with van der Waals surface area (Å²) in [6, 6.07) is 17.4. The summed E-state index contributed by atoms with van der Waals surface area (Å²) in [5.74, 6) is -0.0586. The molecule has 5 rings (SSSR count). The van der Waals surface area contributed by atoms with Crippen molar-refractivity contribution in [1.29, 1.82) is 5.26 Å². The summed E-state index contributed by atoms with van der Waals surface area (Å²) in [6.07, 6.45) is 2.29. The lowest BCUT2D eigenvalue weighted by molar-refractivity contribution is -0.120. The minimum absolute atomic E-state index is 0.0678. The van der Waals surface area contributed by atoms with E-state index in [0.717, 1.165) is 5.56 Å². The van der Waals surface area contributed by atoms with Gasteiger partial charge in [-0.3, -0.25) is 19.3 Å². The number of aromatic nitrogens is 1. The molecule has 36 heavy (non-hydrogen) atoms. The van der Waals surface area contributed by atoms with Gasteiger partial charge in [-0.1, -0.05) is 12.1 Å². The second kappa shape index (κ2) is 8.82. The molecular weight excluding hydrogens is 458 g/mol. The minimum Gasteiger partial charge on any atom is -0.438 e. The number of fused-ring (bicyclic) bond motifs is 3. The molecule has 0 bridgehead atoms. The lowest BCUT2D eigenvalue weighted by Crippen LogP contribution is -2.63. The van der Waals surface area contributed by atoms with Crippen molar-refractivity contribution in [3.63, 3.8) is 0 Å². The number of anilines is 2. The standard InChI is InChI=1S/C27H23N5O4/c1-17-14-19(36-25-18(15-28)6-5-13-29-25)9-10-21(17)30-23(33)16-31-26(35)20-7-3-4-8-22(20)32-24(34)11-12-27(31,32)2/h3-10,13-14H,11-12,16H2,1-2H3,(H,30,33)/t27-/m0/s1. The van der Waals surface area contributed by atoms with Gasteiger partial charge in [-0.25, -0.2) is 4.98 Å². The van der Waals surface area contributed by atoms with Crippen LogP contribution in [0.3, 0.4) is 0 Å². The molecule has 9 nitrogen and oxygen atoms in total. The third-order valence-electron chi connectivity index (χ3n) is 6.63. The number of nitrogens with one attached hydrogen (secondary N) is 1. The maximum atomic E-state index is 13.4. The van der Waals surface area contributed by atoms with E-state index in [9.17, 15) is 19.6 Å². The topological polar surface area (TPSA) is 116 Å². The van der Waals surface area contributed by atoms with Crippen LogP contribution in [-0.4, -0.2) is 39.8 Å². The van der Waals surface area contributed by atoms with E-state index in [2.05, 4.69) is 10.3 Å². The molecule has 1 saturated heterocycles. The van der Waals surface area contributed by atoms with Gasteiger partial charge in [0.1, 0.15) is 29.6 Å². The molecule has 0 unspecified atom stereocenters. The smallest absolute Gasteiger partial charge is 0.258 e. The van der Waals surface area contributed by atoms with Gasteiger partial charge >= 0.3 is 0 Å². The molecule has 180 valence electrons. The first-order valence-corrected chi connectivity index (χ1v) is 11.5. The van der Waals surface area contributed by atoms with Crippen molar-refractivity contribution in [1.82, 2.24) is 9.88 Å². The maximum Gasteiger partial charge on any atom is 0.258 e. The number of hydrogen-bond donors (Lipinski definition) is 1. The molecule has 3 aromatic rings. The van der Waals surface area contributed by atoms with Crippen LogP contribution < -0.4 is 15.0 Å². The largest absolute Gasteiger partial charge is 0.438 e. The molecule has 9 heteroatoms. The lowest BCUT2D eigenvalue weighted by Gasteiger charge is -2.48. The number of nitrogens with zero attached hydrogens (tertiary/aromatic N) is 4. The number of nitriles is 1. The Morgan fingerprint density at radius 2 is 2.00 bits per heavy atom. The SMILES string of the molecule is Cc1cc(Oc2ncccc2C#N)ccc1NC(=O)CN1C(=O)c2ccccc2N2C(=O)CC[C@@]12C. The van der Waals surface area contributed by atoms with Crippen LogP contribution in [-0.2, 0) is 9.59 Å². The van der Waals surface area contributed by atoms with Crippen LogP contribution in [0.1, 0.15) is 41.3 Å². The zero-order chi connectivity index (χ0) is 25.4. The van der Waals surface area contributed by atoms with Crippen molar-refractivity contribution in [3.8, 4) is 17.7 Å². The minimum atomic E-state index is -0.909. The third kappa shape index (κ3) is 3.82. The van der Waals surface area contributed by atoms with E-state index >= 15 is 0 Å². The molecule has 1 aromatic heterocycles. The summed E-state index contributed by atoms with van der Waals surface area (Å²) in [4.78, 5) is 46.4. The van der Waals surface area contributed by atoms with Crippen molar-refractivity contribution < 1.29 is 19.1 Å². The van der Waals surface area contributed by atoms with Gasteiger partial charge in [0.25, 0.3) is 5.91 Å². The van der Waals surface area contributed by atoms with Gasteiger partial charge in [0.2, 0.25) is 17.7 Å². The van der Waals surface area contributed by atoms with Crippen molar-refractivity contribution in [2.45, 2.75) is 32.4 Å². The summed E-state index contributed by atoms with van der Waals surface area (Å²) in [5, 5.41) is 12.1. The molecule has 0 saturated carbocycles. The molecule has 0 aliphatic carbocycles. The van der Waals surface area contributed by atoms with Gasteiger partial charge in [-0.15, -0.1) is 0 Å². The number of carbonyl (C=O) groups is 3. The van der Waals surface area contributed by atoms with Crippen molar-refractivity contribution in [2.24, 2.45) is 0 Å².